The molecule has 3 rings (SSSR count). The Bertz CT molecular complexity index is 1110. The number of esters is 1. The van der Waals surface area contributed by atoms with Gasteiger partial charge < -0.3 is 14.5 Å². The lowest BCUT2D eigenvalue weighted by Crippen LogP contribution is -2.13. The summed E-state index contributed by atoms with van der Waals surface area (Å²) in [7, 11) is 1.28. The van der Waals surface area contributed by atoms with E-state index in [1.165, 1.54) is 7.11 Å². The van der Waals surface area contributed by atoms with Gasteiger partial charge in [0.15, 0.2) is 12.4 Å². The van der Waals surface area contributed by atoms with Crippen LogP contribution < -0.4 is 4.74 Å². The van der Waals surface area contributed by atoms with E-state index in [0.29, 0.717) is 32.2 Å². The number of aromatic nitrogens is 2. The number of carbonyl (C=O) groups excluding carboxylic acids is 1. The molecule has 0 saturated carbocycles. The van der Waals surface area contributed by atoms with Gasteiger partial charge in [0.25, 0.3) is 0 Å². The number of allylic oxidation sites excluding steroid dienone is 1. The maximum absolute atomic E-state index is 11.2. The van der Waals surface area contributed by atoms with Crippen molar-refractivity contribution >= 4 is 56.2 Å². The standard InChI is InChI=1S/C20H15BrClN3O3/c1-11-3-4-16-17(5-11)25-20(24-16)13(9-23)6-12-7-14(21)19(15(22)8-12)28-10-18(26)27-2/h3-8H,10H2,1-2H3,(H,24,25)/b13-6-. The molecule has 0 aliphatic rings. The monoisotopic (exact) mass is 459 g/mol. The van der Waals surface area contributed by atoms with E-state index in [9.17, 15) is 10.1 Å². The Balaban J connectivity index is 1.93. The molecule has 0 aliphatic carbocycles. The van der Waals surface area contributed by atoms with Crippen molar-refractivity contribution in [3.05, 3.63) is 56.8 Å². The Morgan fingerprint density at radius 3 is 2.86 bits per heavy atom. The minimum absolute atomic E-state index is 0.258. The highest BCUT2D eigenvalue weighted by Crippen LogP contribution is 2.35. The van der Waals surface area contributed by atoms with E-state index in [1.807, 2.05) is 25.1 Å². The fraction of sp³-hybridized carbons (Fsp3) is 0.150. The molecule has 0 aliphatic heterocycles. The summed E-state index contributed by atoms with van der Waals surface area (Å²) in [4.78, 5) is 18.9. The van der Waals surface area contributed by atoms with Gasteiger partial charge in [0, 0.05) is 0 Å². The molecule has 1 N–H and O–H groups in total. The average molecular weight is 461 g/mol. The lowest BCUT2D eigenvalue weighted by atomic mass is 10.1. The van der Waals surface area contributed by atoms with Crippen LogP contribution in [-0.2, 0) is 9.53 Å². The molecule has 0 amide bonds. The zero-order valence-corrected chi connectivity index (χ0v) is 17.4. The number of benzene rings is 2. The molecule has 0 radical (unpaired) electrons. The molecule has 1 heterocycles. The van der Waals surface area contributed by atoms with Crippen LogP contribution >= 0.6 is 27.5 Å². The minimum atomic E-state index is -0.515. The summed E-state index contributed by atoms with van der Waals surface area (Å²) in [5.41, 5.74) is 3.79. The fourth-order valence-corrected chi connectivity index (χ4v) is 3.55. The third-order valence-electron chi connectivity index (χ3n) is 3.91. The van der Waals surface area contributed by atoms with Crippen LogP contribution in [0.5, 0.6) is 5.75 Å². The summed E-state index contributed by atoms with van der Waals surface area (Å²) in [5, 5.41) is 9.88. The fourth-order valence-electron chi connectivity index (χ4n) is 2.56. The van der Waals surface area contributed by atoms with Gasteiger partial charge in [0.2, 0.25) is 0 Å². The number of ether oxygens (including phenoxy) is 2. The Hall–Kier alpha value is -2.82. The average Bonchev–Trinajstić information content (AvgIpc) is 3.08. The van der Waals surface area contributed by atoms with Crippen molar-refractivity contribution in [2.24, 2.45) is 0 Å². The number of hydrogen-bond donors (Lipinski definition) is 1. The molecule has 2 aromatic carbocycles. The van der Waals surface area contributed by atoms with Gasteiger partial charge >= 0.3 is 5.97 Å². The van der Waals surface area contributed by atoms with Crippen LogP contribution in [0, 0.1) is 18.3 Å². The molecule has 0 saturated heterocycles. The molecule has 0 spiro atoms. The van der Waals surface area contributed by atoms with E-state index in [2.05, 4.69) is 36.7 Å². The zero-order chi connectivity index (χ0) is 20.3. The van der Waals surface area contributed by atoms with Crippen LogP contribution in [0.15, 0.2) is 34.8 Å². The Kier molecular flexibility index (Phi) is 6.02. The quantitative estimate of drug-likeness (QED) is 0.432. The Labute approximate surface area is 174 Å². The number of methoxy groups -OCH3 is 1. The van der Waals surface area contributed by atoms with E-state index in [0.717, 1.165) is 16.6 Å². The number of aryl methyl sites for hydroxylation is 1. The topological polar surface area (TPSA) is 88.0 Å². The summed E-state index contributed by atoms with van der Waals surface area (Å²) >= 11 is 9.65. The first-order valence-corrected chi connectivity index (χ1v) is 9.35. The summed E-state index contributed by atoms with van der Waals surface area (Å²) in [6.45, 7) is 1.73. The van der Waals surface area contributed by atoms with Crippen molar-refractivity contribution in [1.29, 1.82) is 5.26 Å². The van der Waals surface area contributed by atoms with Crippen molar-refractivity contribution in [2.45, 2.75) is 6.92 Å². The molecular formula is C20H15BrClN3O3. The van der Waals surface area contributed by atoms with Gasteiger partial charge in [-0.2, -0.15) is 5.26 Å². The number of halogens is 2. The first-order valence-electron chi connectivity index (χ1n) is 8.18. The van der Waals surface area contributed by atoms with Gasteiger partial charge in [-0.25, -0.2) is 9.78 Å². The van der Waals surface area contributed by atoms with Crippen molar-refractivity contribution in [2.75, 3.05) is 13.7 Å². The van der Waals surface area contributed by atoms with E-state index in [1.54, 1.807) is 18.2 Å². The SMILES string of the molecule is COC(=O)COc1c(Cl)cc(/C=C(/C#N)c2nc3ccc(C)cc3[nH]2)cc1Br. The highest BCUT2D eigenvalue weighted by atomic mass is 79.9. The lowest BCUT2D eigenvalue weighted by Gasteiger charge is -2.10. The molecule has 142 valence electrons. The van der Waals surface area contributed by atoms with Crippen molar-refractivity contribution in [1.82, 2.24) is 9.97 Å². The van der Waals surface area contributed by atoms with E-state index in [4.69, 9.17) is 16.3 Å². The van der Waals surface area contributed by atoms with Crippen LogP contribution in [-0.4, -0.2) is 29.7 Å². The second-order valence-electron chi connectivity index (χ2n) is 5.95. The summed E-state index contributed by atoms with van der Waals surface area (Å²) < 4.78 is 10.5. The first-order chi connectivity index (χ1) is 13.4. The lowest BCUT2D eigenvalue weighted by molar-refractivity contribution is -0.142. The third kappa shape index (κ3) is 4.35. The molecule has 6 nitrogen and oxygen atoms in total. The predicted octanol–water partition coefficient (Wildman–Crippen LogP) is 4.90. The predicted molar refractivity (Wildman–Crippen MR) is 111 cm³/mol. The number of rotatable bonds is 5. The van der Waals surface area contributed by atoms with E-state index in [-0.39, 0.29) is 6.61 Å². The molecular weight excluding hydrogens is 446 g/mol. The summed E-state index contributed by atoms with van der Waals surface area (Å²) in [5.74, 6) is 0.280. The molecule has 0 bridgehead atoms. The van der Waals surface area contributed by atoms with Gasteiger partial charge in [0.05, 0.1) is 33.2 Å². The maximum atomic E-state index is 11.2. The molecule has 0 fully saturated rings. The van der Waals surface area contributed by atoms with Crippen LogP contribution in [0.25, 0.3) is 22.7 Å². The summed E-state index contributed by atoms with van der Waals surface area (Å²) in [6, 6.07) is 11.4. The molecule has 28 heavy (non-hydrogen) atoms. The largest absolute Gasteiger partial charge is 0.479 e. The van der Waals surface area contributed by atoms with Crippen molar-refractivity contribution < 1.29 is 14.3 Å². The second-order valence-corrected chi connectivity index (χ2v) is 7.22. The second kappa shape index (κ2) is 8.46. The van der Waals surface area contributed by atoms with E-state index < -0.39 is 5.97 Å². The molecule has 0 unspecified atom stereocenters. The number of aromatic amines is 1. The van der Waals surface area contributed by atoms with Gasteiger partial charge in [-0.3, -0.25) is 0 Å². The number of hydrogen-bond acceptors (Lipinski definition) is 5. The maximum Gasteiger partial charge on any atom is 0.343 e. The molecule has 8 heteroatoms. The Morgan fingerprint density at radius 1 is 1.39 bits per heavy atom. The zero-order valence-electron chi connectivity index (χ0n) is 15.0. The normalized spacial score (nSPS) is 11.3. The summed E-state index contributed by atoms with van der Waals surface area (Å²) in [6.07, 6.45) is 1.67. The van der Waals surface area contributed by atoms with Gasteiger partial charge in [0.1, 0.15) is 11.9 Å². The number of nitrogens with one attached hydrogen (secondary N) is 1. The van der Waals surface area contributed by atoms with Gasteiger partial charge in [-0.1, -0.05) is 17.7 Å². The van der Waals surface area contributed by atoms with Gasteiger partial charge in [-0.05, 0) is 64.3 Å². The number of H-pyrrole nitrogens is 1. The van der Waals surface area contributed by atoms with Crippen molar-refractivity contribution in [3.8, 4) is 11.8 Å². The number of nitrogens with zero attached hydrogens (tertiary/aromatic N) is 2. The van der Waals surface area contributed by atoms with Crippen LogP contribution in [0.4, 0.5) is 0 Å². The first kappa shape index (κ1) is 19.9. The van der Waals surface area contributed by atoms with E-state index >= 15 is 0 Å². The number of carbonyl (C=O) groups is 1. The van der Waals surface area contributed by atoms with Crippen LogP contribution in [0.2, 0.25) is 5.02 Å². The highest BCUT2D eigenvalue weighted by molar-refractivity contribution is 9.10. The number of imidazole rings is 1. The smallest absolute Gasteiger partial charge is 0.343 e. The molecule has 3 aromatic rings. The number of nitriles is 1. The Morgan fingerprint density at radius 2 is 2.18 bits per heavy atom. The molecule has 1 aromatic heterocycles. The number of fused-ring (bicyclic) bond motifs is 1. The highest BCUT2D eigenvalue weighted by Gasteiger charge is 2.13. The van der Waals surface area contributed by atoms with Gasteiger partial charge in [-0.15, -0.1) is 0 Å². The minimum Gasteiger partial charge on any atom is -0.479 e. The van der Waals surface area contributed by atoms with Crippen LogP contribution in [0.3, 0.4) is 0 Å². The van der Waals surface area contributed by atoms with Crippen molar-refractivity contribution in [3.63, 3.8) is 0 Å². The third-order valence-corrected chi connectivity index (χ3v) is 4.78. The van der Waals surface area contributed by atoms with Crippen LogP contribution in [0.1, 0.15) is 17.0 Å². The molecule has 0 atom stereocenters.